The molecule has 0 aliphatic rings. The fourth-order valence-electron chi connectivity index (χ4n) is 1.57. The Labute approximate surface area is 98.1 Å². The largest absolute Gasteiger partial charge is 0.318 e. The summed E-state index contributed by atoms with van der Waals surface area (Å²) in [7, 11) is 1.67. The van der Waals surface area contributed by atoms with Gasteiger partial charge in [0.15, 0.2) is 0 Å². The molecule has 1 heterocycles. The molecule has 1 N–H and O–H groups in total. The first kappa shape index (κ1) is 11.3. The highest BCUT2D eigenvalue weighted by molar-refractivity contribution is 6.03. The van der Waals surface area contributed by atoms with Gasteiger partial charge in [-0.05, 0) is 25.1 Å². The van der Waals surface area contributed by atoms with Gasteiger partial charge in [-0.15, -0.1) is 0 Å². The summed E-state index contributed by atoms with van der Waals surface area (Å²) < 4.78 is 14.8. The third-order valence-electron chi connectivity index (χ3n) is 2.36. The summed E-state index contributed by atoms with van der Waals surface area (Å²) in [6, 6.07) is 7.68. The molecular weight excluding hydrogens is 221 g/mol. The first-order valence-corrected chi connectivity index (χ1v) is 5.14. The molecule has 5 heteroatoms. The number of aryl methyl sites for hydroxylation is 2. The van der Waals surface area contributed by atoms with E-state index in [9.17, 15) is 9.18 Å². The van der Waals surface area contributed by atoms with Crippen molar-refractivity contribution in [2.75, 3.05) is 5.32 Å². The van der Waals surface area contributed by atoms with Gasteiger partial charge in [0.1, 0.15) is 11.5 Å². The summed E-state index contributed by atoms with van der Waals surface area (Å²) in [6.07, 6.45) is 0. The molecule has 1 aromatic carbocycles. The number of nitrogens with one attached hydrogen (secondary N) is 1. The molecule has 4 nitrogen and oxygen atoms in total. The lowest BCUT2D eigenvalue weighted by Crippen LogP contribution is -2.16. The van der Waals surface area contributed by atoms with Crippen LogP contribution in [0.2, 0.25) is 0 Å². The molecule has 0 spiro atoms. The maximum absolute atomic E-state index is 13.3. The van der Waals surface area contributed by atoms with Gasteiger partial charge < -0.3 is 5.32 Å². The van der Waals surface area contributed by atoms with Crippen LogP contribution in [0.3, 0.4) is 0 Å². The molecule has 0 unspecified atom stereocenters. The number of carbonyl (C=O) groups is 1. The predicted molar refractivity (Wildman–Crippen MR) is 62.3 cm³/mol. The monoisotopic (exact) mass is 233 g/mol. The maximum atomic E-state index is 13.3. The van der Waals surface area contributed by atoms with Crippen molar-refractivity contribution in [3.8, 4) is 0 Å². The van der Waals surface area contributed by atoms with E-state index in [1.165, 1.54) is 16.8 Å². The predicted octanol–water partition coefficient (Wildman–Crippen LogP) is 2.12. The number of para-hydroxylation sites is 1. The van der Waals surface area contributed by atoms with Crippen molar-refractivity contribution in [2.45, 2.75) is 6.92 Å². The van der Waals surface area contributed by atoms with Crippen LogP contribution in [0.5, 0.6) is 0 Å². The Morgan fingerprint density at radius 3 is 2.71 bits per heavy atom. The molecular formula is C12H12FN3O. The normalized spacial score (nSPS) is 10.3. The minimum atomic E-state index is -0.459. The molecule has 0 bridgehead atoms. The molecule has 0 fully saturated rings. The number of aromatic nitrogens is 2. The van der Waals surface area contributed by atoms with Gasteiger partial charge in [-0.25, -0.2) is 4.39 Å². The van der Waals surface area contributed by atoms with Crippen LogP contribution < -0.4 is 5.32 Å². The Bertz CT molecular complexity index is 563. The summed E-state index contributed by atoms with van der Waals surface area (Å²) >= 11 is 0. The number of amides is 1. The Morgan fingerprint density at radius 2 is 2.12 bits per heavy atom. The quantitative estimate of drug-likeness (QED) is 0.863. The maximum Gasteiger partial charge on any atom is 0.274 e. The van der Waals surface area contributed by atoms with Crippen LogP contribution in [0.25, 0.3) is 0 Å². The van der Waals surface area contributed by atoms with E-state index in [1.807, 2.05) is 0 Å². The Morgan fingerprint density at radius 1 is 1.41 bits per heavy atom. The summed E-state index contributed by atoms with van der Waals surface area (Å²) in [4.78, 5) is 11.9. The molecule has 17 heavy (non-hydrogen) atoms. The van der Waals surface area contributed by atoms with E-state index in [0.717, 1.165) is 5.69 Å². The van der Waals surface area contributed by atoms with Crippen molar-refractivity contribution in [1.82, 2.24) is 9.78 Å². The Hall–Kier alpha value is -2.17. The minimum absolute atomic E-state index is 0.163. The van der Waals surface area contributed by atoms with Gasteiger partial charge in [-0.2, -0.15) is 5.10 Å². The van der Waals surface area contributed by atoms with E-state index < -0.39 is 5.82 Å². The topological polar surface area (TPSA) is 46.9 Å². The fraction of sp³-hybridized carbons (Fsp3) is 0.167. The summed E-state index contributed by atoms with van der Waals surface area (Å²) in [6.45, 7) is 1.79. The van der Waals surface area contributed by atoms with Crippen LogP contribution in [-0.4, -0.2) is 15.7 Å². The van der Waals surface area contributed by atoms with Gasteiger partial charge in [0.05, 0.1) is 11.4 Å². The highest BCUT2D eigenvalue weighted by Crippen LogP contribution is 2.14. The van der Waals surface area contributed by atoms with E-state index in [-0.39, 0.29) is 11.6 Å². The van der Waals surface area contributed by atoms with Crippen LogP contribution in [0.15, 0.2) is 30.3 Å². The molecule has 0 atom stereocenters. The molecule has 1 aromatic heterocycles. The zero-order valence-corrected chi connectivity index (χ0v) is 9.57. The average Bonchev–Trinajstić information content (AvgIpc) is 2.61. The van der Waals surface area contributed by atoms with Gasteiger partial charge in [0.25, 0.3) is 5.91 Å². The van der Waals surface area contributed by atoms with Crippen molar-refractivity contribution in [1.29, 1.82) is 0 Å². The summed E-state index contributed by atoms with van der Waals surface area (Å²) in [5, 5.41) is 6.56. The third kappa shape index (κ3) is 2.33. The summed E-state index contributed by atoms with van der Waals surface area (Å²) in [5.41, 5.74) is 1.30. The standard InChI is InChI=1S/C12H12FN3O/c1-8-7-11(16(2)15-8)12(17)14-10-6-4-3-5-9(10)13/h3-7H,1-2H3,(H,14,17). The average molecular weight is 233 g/mol. The number of carbonyl (C=O) groups excluding carboxylic acids is 1. The molecule has 1 amide bonds. The number of hydrogen-bond acceptors (Lipinski definition) is 2. The van der Waals surface area contributed by atoms with Crippen molar-refractivity contribution in [3.05, 3.63) is 47.5 Å². The van der Waals surface area contributed by atoms with Gasteiger partial charge in [0, 0.05) is 7.05 Å². The van der Waals surface area contributed by atoms with Gasteiger partial charge >= 0.3 is 0 Å². The Balaban J connectivity index is 2.23. The molecule has 0 saturated carbocycles. The van der Waals surface area contributed by atoms with E-state index in [2.05, 4.69) is 10.4 Å². The Kier molecular flexibility index (Phi) is 2.91. The number of rotatable bonds is 2. The lowest BCUT2D eigenvalue weighted by molar-refractivity contribution is 0.101. The van der Waals surface area contributed by atoms with E-state index >= 15 is 0 Å². The zero-order chi connectivity index (χ0) is 12.4. The van der Waals surface area contributed by atoms with Crippen molar-refractivity contribution < 1.29 is 9.18 Å². The minimum Gasteiger partial charge on any atom is -0.318 e. The second kappa shape index (κ2) is 4.37. The number of benzene rings is 1. The molecule has 0 radical (unpaired) electrons. The first-order valence-electron chi connectivity index (χ1n) is 5.14. The lowest BCUT2D eigenvalue weighted by atomic mass is 10.3. The van der Waals surface area contributed by atoms with Crippen molar-refractivity contribution in [3.63, 3.8) is 0 Å². The van der Waals surface area contributed by atoms with Crippen LogP contribution in [0.1, 0.15) is 16.2 Å². The zero-order valence-electron chi connectivity index (χ0n) is 9.57. The molecule has 0 aliphatic carbocycles. The van der Waals surface area contributed by atoms with Crippen molar-refractivity contribution >= 4 is 11.6 Å². The number of anilines is 1. The SMILES string of the molecule is Cc1cc(C(=O)Nc2ccccc2F)n(C)n1. The second-order valence-electron chi connectivity index (χ2n) is 3.73. The van der Waals surface area contributed by atoms with E-state index in [4.69, 9.17) is 0 Å². The molecule has 2 rings (SSSR count). The smallest absolute Gasteiger partial charge is 0.274 e. The fourth-order valence-corrected chi connectivity index (χ4v) is 1.57. The van der Waals surface area contributed by atoms with Gasteiger partial charge in [-0.1, -0.05) is 12.1 Å². The molecule has 0 saturated heterocycles. The third-order valence-corrected chi connectivity index (χ3v) is 2.36. The lowest BCUT2D eigenvalue weighted by Gasteiger charge is -2.05. The van der Waals surface area contributed by atoms with E-state index in [1.54, 1.807) is 32.2 Å². The molecule has 88 valence electrons. The highest BCUT2D eigenvalue weighted by Gasteiger charge is 2.13. The van der Waals surface area contributed by atoms with E-state index in [0.29, 0.717) is 5.69 Å². The number of hydrogen-bond donors (Lipinski definition) is 1. The summed E-state index contributed by atoms with van der Waals surface area (Å²) in [5.74, 6) is -0.835. The van der Waals surface area contributed by atoms with Crippen LogP contribution in [0.4, 0.5) is 10.1 Å². The van der Waals surface area contributed by atoms with Crippen LogP contribution in [0, 0.1) is 12.7 Å². The van der Waals surface area contributed by atoms with Gasteiger partial charge in [0.2, 0.25) is 0 Å². The number of halogens is 1. The second-order valence-corrected chi connectivity index (χ2v) is 3.73. The van der Waals surface area contributed by atoms with Crippen LogP contribution >= 0.6 is 0 Å². The first-order chi connectivity index (χ1) is 8.08. The highest BCUT2D eigenvalue weighted by atomic mass is 19.1. The van der Waals surface area contributed by atoms with Gasteiger partial charge in [-0.3, -0.25) is 9.48 Å². The molecule has 2 aromatic rings. The molecule has 0 aliphatic heterocycles. The van der Waals surface area contributed by atoms with Crippen molar-refractivity contribution in [2.24, 2.45) is 7.05 Å². The number of nitrogens with zero attached hydrogens (tertiary/aromatic N) is 2. The van der Waals surface area contributed by atoms with Crippen LogP contribution in [-0.2, 0) is 7.05 Å².